The van der Waals surface area contributed by atoms with Crippen molar-refractivity contribution in [3.8, 4) is 0 Å². The van der Waals surface area contributed by atoms with Crippen LogP contribution in [0.3, 0.4) is 0 Å². The van der Waals surface area contributed by atoms with Gasteiger partial charge in [0.1, 0.15) is 0 Å². The third-order valence-corrected chi connectivity index (χ3v) is 5.06. The number of rotatable bonds is 7. The van der Waals surface area contributed by atoms with E-state index in [-0.39, 0.29) is 11.5 Å². The van der Waals surface area contributed by atoms with Crippen LogP contribution in [0, 0.1) is 6.92 Å². The summed E-state index contributed by atoms with van der Waals surface area (Å²) in [5.41, 5.74) is 0.907. The van der Waals surface area contributed by atoms with Crippen molar-refractivity contribution >= 4 is 15.8 Å². The van der Waals surface area contributed by atoms with Crippen molar-refractivity contribution in [3.63, 3.8) is 0 Å². The van der Waals surface area contributed by atoms with Crippen LogP contribution in [0.25, 0.3) is 0 Å². The third kappa shape index (κ3) is 4.63. The topological polar surface area (TPSA) is 78.9 Å². The van der Waals surface area contributed by atoms with Gasteiger partial charge in [0.2, 0.25) is 9.84 Å². The first-order valence-corrected chi connectivity index (χ1v) is 8.50. The first kappa shape index (κ1) is 19.3. The van der Waals surface area contributed by atoms with E-state index < -0.39 is 26.5 Å². The van der Waals surface area contributed by atoms with Crippen molar-refractivity contribution in [3.05, 3.63) is 40.8 Å². The molecule has 0 aromatic heterocycles. The molecule has 0 aliphatic rings. The van der Waals surface area contributed by atoms with Crippen LogP contribution in [0.15, 0.2) is 40.1 Å². The molecule has 0 aliphatic carbocycles. The molecule has 0 atom stereocenters. The molecule has 0 radical (unpaired) electrons. The summed E-state index contributed by atoms with van der Waals surface area (Å²) in [7, 11) is -1.37. The van der Waals surface area contributed by atoms with E-state index in [1.165, 1.54) is 33.3 Å². The Bertz CT molecular complexity index is 669. The van der Waals surface area contributed by atoms with Gasteiger partial charge < -0.3 is 14.2 Å². The molecule has 0 unspecified atom stereocenters. The van der Waals surface area contributed by atoms with E-state index in [0.29, 0.717) is 0 Å². The molecule has 23 heavy (non-hydrogen) atoms. The van der Waals surface area contributed by atoms with Crippen molar-refractivity contribution in [1.82, 2.24) is 0 Å². The maximum Gasteiger partial charge on any atom is 0.350 e. The van der Waals surface area contributed by atoms with E-state index in [9.17, 15) is 13.2 Å². The summed E-state index contributed by atoms with van der Waals surface area (Å²) in [5, 5.41) is 0. The second-order valence-electron chi connectivity index (χ2n) is 4.97. The van der Waals surface area contributed by atoms with E-state index in [0.717, 1.165) is 11.6 Å². The lowest BCUT2D eigenvalue weighted by Gasteiger charge is -2.23. The van der Waals surface area contributed by atoms with Crippen molar-refractivity contribution < 1.29 is 27.4 Å². The number of methoxy groups -OCH3 is 2. The average molecular weight is 342 g/mol. The second kappa shape index (κ2) is 7.72. The van der Waals surface area contributed by atoms with Crippen LogP contribution in [0.1, 0.15) is 19.4 Å². The van der Waals surface area contributed by atoms with Crippen molar-refractivity contribution in [2.75, 3.05) is 20.8 Å². The Morgan fingerprint density at radius 2 is 1.70 bits per heavy atom. The Morgan fingerprint density at radius 3 is 2.13 bits per heavy atom. The highest BCUT2D eigenvalue weighted by molar-refractivity contribution is 7.96. The Kier molecular flexibility index (Phi) is 6.49. The predicted molar refractivity (Wildman–Crippen MR) is 85.5 cm³/mol. The smallest absolute Gasteiger partial charge is 0.350 e. The lowest BCUT2D eigenvalue weighted by atomic mass is 10.2. The highest BCUT2D eigenvalue weighted by Gasteiger charge is 2.33. The summed E-state index contributed by atoms with van der Waals surface area (Å²) in [6.07, 6.45) is 1.11. The molecule has 0 heterocycles. The number of hydrogen-bond donors (Lipinski definition) is 0. The van der Waals surface area contributed by atoms with E-state index >= 15 is 0 Å². The van der Waals surface area contributed by atoms with E-state index in [4.69, 9.17) is 14.2 Å². The highest BCUT2D eigenvalue weighted by Crippen LogP contribution is 2.25. The number of sulfone groups is 1. The zero-order valence-corrected chi connectivity index (χ0v) is 14.8. The number of hydrogen-bond acceptors (Lipinski definition) is 6. The van der Waals surface area contributed by atoms with Crippen LogP contribution in [-0.2, 0) is 28.8 Å². The normalized spacial score (nSPS) is 13.0. The van der Waals surface area contributed by atoms with Gasteiger partial charge in [-0.05, 0) is 32.9 Å². The largest absolute Gasteiger partial charge is 0.462 e. The molecule has 1 rings (SSSR count). The summed E-state index contributed by atoms with van der Waals surface area (Å²) in [6, 6.07) is 6.19. The Hall–Kier alpha value is -1.70. The Balaban J connectivity index is 3.47. The van der Waals surface area contributed by atoms with Gasteiger partial charge in [-0.3, -0.25) is 0 Å². The van der Waals surface area contributed by atoms with Gasteiger partial charge in [-0.15, -0.1) is 0 Å². The van der Waals surface area contributed by atoms with E-state index in [2.05, 4.69) is 0 Å². The van der Waals surface area contributed by atoms with E-state index in [1.807, 2.05) is 6.92 Å². The van der Waals surface area contributed by atoms with Gasteiger partial charge in [-0.25, -0.2) is 13.2 Å². The van der Waals surface area contributed by atoms with Gasteiger partial charge in [-0.1, -0.05) is 17.7 Å². The molecular formula is C16H22O6S. The molecule has 0 aliphatic heterocycles. The molecule has 1 aromatic rings. The lowest BCUT2D eigenvalue weighted by Crippen LogP contribution is -2.30. The minimum Gasteiger partial charge on any atom is -0.462 e. The van der Waals surface area contributed by atoms with E-state index in [1.54, 1.807) is 19.1 Å². The first-order valence-electron chi connectivity index (χ1n) is 7.02. The van der Waals surface area contributed by atoms with Crippen LogP contribution in [0.2, 0.25) is 0 Å². The van der Waals surface area contributed by atoms with Crippen LogP contribution in [-0.4, -0.2) is 41.0 Å². The Morgan fingerprint density at radius 1 is 1.17 bits per heavy atom. The minimum atomic E-state index is -4.07. The lowest BCUT2D eigenvalue weighted by molar-refractivity contribution is -0.157. The maximum absolute atomic E-state index is 12.8. The maximum atomic E-state index is 12.8. The predicted octanol–water partition coefficient (Wildman–Crippen LogP) is 2.22. The molecule has 0 N–H and O–H groups in total. The van der Waals surface area contributed by atoms with Crippen LogP contribution in [0.5, 0.6) is 0 Å². The quantitative estimate of drug-likeness (QED) is 0.429. The SMILES string of the molecule is CCOC(=O)/C(=C\C(C)(OC)OC)S(=O)(=O)c1ccc(C)cc1. The minimum absolute atomic E-state index is 0.00282. The number of benzene rings is 1. The number of aryl methyl sites for hydroxylation is 1. The monoisotopic (exact) mass is 342 g/mol. The first-order chi connectivity index (χ1) is 10.7. The second-order valence-corrected chi connectivity index (χ2v) is 6.89. The van der Waals surface area contributed by atoms with Gasteiger partial charge in [0.25, 0.3) is 0 Å². The van der Waals surface area contributed by atoms with Crippen molar-refractivity contribution in [1.29, 1.82) is 0 Å². The number of esters is 1. The molecule has 7 heteroatoms. The third-order valence-electron chi connectivity index (χ3n) is 3.30. The van der Waals surface area contributed by atoms with Gasteiger partial charge >= 0.3 is 5.97 Å². The molecule has 0 saturated carbocycles. The zero-order chi connectivity index (χ0) is 17.7. The van der Waals surface area contributed by atoms with Crippen molar-refractivity contribution in [2.45, 2.75) is 31.5 Å². The fraction of sp³-hybridized carbons (Fsp3) is 0.438. The van der Waals surface area contributed by atoms with Gasteiger partial charge in [0.15, 0.2) is 10.7 Å². The molecule has 6 nitrogen and oxygen atoms in total. The highest BCUT2D eigenvalue weighted by atomic mass is 32.2. The molecule has 0 spiro atoms. The van der Waals surface area contributed by atoms with Gasteiger partial charge in [0.05, 0.1) is 11.5 Å². The van der Waals surface area contributed by atoms with Gasteiger partial charge in [0, 0.05) is 20.3 Å². The molecule has 0 saturated heterocycles. The summed E-state index contributed by atoms with van der Waals surface area (Å²) in [4.78, 5) is 11.6. The summed E-state index contributed by atoms with van der Waals surface area (Å²) < 4.78 is 40.7. The number of carbonyl (C=O) groups excluding carboxylic acids is 1. The van der Waals surface area contributed by atoms with Crippen LogP contribution in [0.4, 0.5) is 0 Å². The summed E-state index contributed by atoms with van der Waals surface area (Å²) >= 11 is 0. The fourth-order valence-corrected chi connectivity index (χ4v) is 3.13. The molecule has 1 aromatic carbocycles. The summed E-state index contributed by atoms with van der Waals surface area (Å²) in [6.45, 7) is 4.98. The Labute approximate surface area is 137 Å². The summed E-state index contributed by atoms with van der Waals surface area (Å²) in [5.74, 6) is -2.33. The molecule has 128 valence electrons. The van der Waals surface area contributed by atoms with Crippen LogP contribution >= 0.6 is 0 Å². The molecular weight excluding hydrogens is 320 g/mol. The van der Waals surface area contributed by atoms with Gasteiger partial charge in [-0.2, -0.15) is 0 Å². The van der Waals surface area contributed by atoms with Crippen LogP contribution < -0.4 is 0 Å². The molecule has 0 fully saturated rings. The fourth-order valence-electron chi connectivity index (χ4n) is 1.73. The number of carbonyl (C=O) groups is 1. The zero-order valence-electron chi connectivity index (χ0n) is 14.0. The molecule has 0 amide bonds. The molecule has 0 bridgehead atoms. The van der Waals surface area contributed by atoms with Crippen molar-refractivity contribution in [2.24, 2.45) is 0 Å². The number of ether oxygens (including phenoxy) is 3. The standard InChI is InChI=1S/C16H22O6S/c1-6-22-15(17)14(11-16(3,20-4)21-5)23(18,19)13-9-7-12(2)8-10-13/h7-11H,6H2,1-5H3/b14-11+. The average Bonchev–Trinajstić information content (AvgIpc) is 2.52.